The summed E-state index contributed by atoms with van der Waals surface area (Å²) in [4.78, 5) is 17.0. The molecule has 1 heterocycles. The number of amides is 1. The lowest BCUT2D eigenvalue weighted by Crippen LogP contribution is -2.47. The number of morpholine rings is 1. The number of carbonyl (C=O) groups is 1. The molecule has 1 aliphatic rings. The summed E-state index contributed by atoms with van der Waals surface area (Å²) in [6.07, 6.45) is -0.0458. The number of nitrogens with zero attached hydrogens (tertiary/aromatic N) is 2. The summed E-state index contributed by atoms with van der Waals surface area (Å²) in [6, 6.07) is 27.5. The van der Waals surface area contributed by atoms with Crippen LogP contribution in [0.15, 0.2) is 88.7 Å². The number of hydrogen-bond acceptors (Lipinski definition) is 5. The average molecular weight is 444 g/mol. The second kappa shape index (κ2) is 11.0. The highest BCUT2D eigenvalue weighted by molar-refractivity contribution is 7.99. The van der Waals surface area contributed by atoms with E-state index < -0.39 is 0 Å². The number of nitriles is 1. The Bertz CT molecular complexity index is 1100. The van der Waals surface area contributed by atoms with Crippen molar-refractivity contribution >= 4 is 17.7 Å². The van der Waals surface area contributed by atoms with Crippen LogP contribution in [0.3, 0.4) is 0 Å². The minimum Gasteiger partial charge on any atom is -0.374 e. The third-order valence-electron chi connectivity index (χ3n) is 5.32. The van der Waals surface area contributed by atoms with E-state index in [0.717, 1.165) is 29.4 Å². The maximum absolute atomic E-state index is 13.0. The Kier molecular flexibility index (Phi) is 7.57. The molecular weight excluding hydrogens is 418 g/mol. The van der Waals surface area contributed by atoms with Crippen LogP contribution in [0.4, 0.5) is 0 Å². The first-order chi connectivity index (χ1) is 15.7. The molecule has 1 unspecified atom stereocenters. The summed E-state index contributed by atoms with van der Waals surface area (Å²) >= 11 is 1.43. The van der Waals surface area contributed by atoms with Crippen molar-refractivity contribution in [1.82, 2.24) is 10.2 Å². The van der Waals surface area contributed by atoms with Crippen LogP contribution in [0, 0.1) is 11.3 Å². The van der Waals surface area contributed by atoms with E-state index in [2.05, 4.69) is 40.6 Å². The predicted octanol–water partition coefficient (Wildman–Crippen LogP) is 4.34. The van der Waals surface area contributed by atoms with Crippen molar-refractivity contribution in [2.75, 3.05) is 26.2 Å². The van der Waals surface area contributed by atoms with Crippen LogP contribution in [-0.2, 0) is 11.3 Å². The fourth-order valence-corrected chi connectivity index (χ4v) is 4.73. The van der Waals surface area contributed by atoms with E-state index in [9.17, 15) is 10.1 Å². The van der Waals surface area contributed by atoms with Crippen molar-refractivity contribution in [2.45, 2.75) is 22.4 Å². The lowest BCUT2D eigenvalue weighted by atomic mass is 10.2. The molecule has 1 atom stereocenters. The number of nitrogens with one attached hydrogen (secondary N) is 1. The minimum absolute atomic E-state index is 0.0458. The van der Waals surface area contributed by atoms with Crippen LogP contribution < -0.4 is 5.32 Å². The predicted molar refractivity (Wildman–Crippen MR) is 126 cm³/mol. The highest BCUT2D eigenvalue weighted by atomic mass is 32.2. The number of rotatable bonds is 7. The average Bonchev–Trinajstić information content (AvgIpc) is 2.84. The maximum atomic E-state index is 13.0. The summed E-state index contributed by atoms with van der Waals surface area (Å²) in [6.45, 7) is 3.66. The molecule has 3 aromatic carbocycles. The molecule has 0 saturated carbocycles. The molecule has 0 aliphatic carbocycles. The van der Waals surface area contributed by atoms with Crippen LogP contribution in [0.1, 0.15) is 21.5 Å². The van der Waals surface area contributed by atoms with Gasteiger partial charge in [-0.05, 0) is 29.8 Å². The molecule has 1 fully saturated rings. The van der Waals surface area contributed by atoms with Crippen molar-refractivity contribution in [3.05, 3.63) is 95.6 Å². The molecule has 1 N–H and O–H groups in total. The van der Waals surface area contributed by atoms with Crippen molar-refractivity contribution in [2.24, 2.45) is 0 Å². The Morgan fingerprint density at radius 3 is 2.56 bits per heavy atom. The van der Waals surface area contributed by atoms with Gasteiger partial charge >= 0.3 is 0 Å². The summed E-state index contributed by atoms with van der Waals surface area (Å²) < 4.78 is 5.89. The van der Waals surface area contributed by atoms with E-state index in [1.54, 1.807) is 6.07 Å². The van der Waals surface area contributed by atoms with Crippen LogP contribution >= 0.6 is 11.8 Å². The van der Waals surface area contributed by atoms with Crippen molar-refractivity contribution in [3.63, 3.8) is 0 Å². The lowest BCUT2D eigenvalue weighted by molar-refractivity contribution is -0.0292. The molecule has 6 heteroatoms. The zero-order chi connectivity index (χ0) is 22.2. The van der Waals surface area contributed by atoms with E-state index in [1.165, 1.54) is 17.3 Å². The summed E-state index contributed by atoms with van der Waals surface area (Å²) in [5.41, 5.74) is 2.48. The van der Waals surface area contributed by atoms with Gasteiger partial charge in [0.05, 0.1) is 23.8 Å². The van der Waals surface area contributed by atoms with Gasteiger partial charge in [0.1, 0.15) is 6.07 Å². The molecule has 1 amide bonds. The van der Waals surface area contributed by atoms with E-state index in [1.807, 2.05) is 48.5 Å². The van der Waals surface area contributed by atoms with Crippen LogP contribution in [0.25, 0.3) is 0 Å². The second-order valence-corrected chi connectivity index (χ2v) is 8.71. The van der Waals surface area contributed by atoms with Gasteiger partial charge in [-0.3, -0.25) is 9.69 Å². The minimum atomic E-state index is -0.133. The summed E-state index contributed by atoms with van der Waals surface area (Å²) in [7, 11) is 0. The fourth-order valence-electron chi connectivity index (χ4n) is 3.70. The highest BCUT2D eigenvalue weighted by Gasteiger charge is 2.22. The molecule has 162 valence electrons. The largest absolute Gasteiger partial charge is 0.374 e. The number of benzene rings is 3. The highest BCUT2D eigenvalue weighted by Crippen LogP contribution is 2.32. The van der Waals surface area contributed by atoms with Gasteiger partial charge in [0.25, 0.3) is 5.91 Å². The van der Waals surface area contributed by atoms with Crippen LogP contribution in [-0.4, -0.2) is 43.2 Å². The first-order valence-corrected chi connectivity index (χ1v) is 11.5. The molecule has 5 nitrogen and oxygen atoms in total. The number of carbonyl (C=O) groups excluding carboxylic acids is 1. The number of hydrogen-bond donors (Lipinski definition) is 1. The lowest BCUT2D eigenvalue weighted by Gasteiger charge is -2.33. The van der Waals surface area contributed by atoms with Gasteiger partial charge in [-0.15, -0.1) is 0 Å². The molecule has 0 radical (unpaired) electrons. The topological polar surface area (TPSA) is 65.4 Å². The molecule has 1 saturated heterocycles. The van der Waals surface area contributed by atoms with Crippen LogP contribution in [0.2, 0.25) is 0 Å². The Morgan fingerprint density at radius 1 is 1.03 bits per heavy atom. The van der Waals surface area contributed by atoms with E-state index in [0.29, 0.717) is 24.3 Å². The van der Waals surface area contributed by atoms with Gasteiger partial charge in [0.15, 0.2) is 0 Å². The Balaban J connectivity index is 1.37. The van der Waals surface area contributed by atoms with Gasteiger partial charge < -0.3 is 10.1 Å². The normalized spacial score (nSPS) is 16.3. The van der Waals surface area contributed by atoms with Crippen molar-refractivity contribution in [3.8, 4) is 6.07 Å². The fraction of sp³-hybridized carbons (Fsp3) is 0.231. The zero-order valence-corrected chi connectivity index (χ0v) is 18.6. The monoisotopic (exact) mass is 443 g/mol. The summed E-state index contributed by atoms with van der Waals surface area (Å²) in [5.74, 6) is -0.133. The van der Waals surface area contributed by atoms with Crippen LogP contribution in [0.5, 0.6) is 0 Å². The SMILES string of the molecule is N#Cc1ccccc1Sc1ccccc1C(=O)NCC1CN(Cc2ccccc2)CCO1. The molecule has 3 aromatic rings. The third-order valence-corrected chi connectivity index (χ3v) is 6.47. The smallest absolute Gasteiger partial charge is 0.252 e. The quantitative estimate of drug-likeness (QED) is 0.588. The molecule has 0 spiro atoms. The third kappa shape index (κ3) is 5.77. The van der Waals surface area contributed by atoms with Crippen molar-refractivity contribution in [1.29, 1.82) is 5.26 Å². The Hall–Kier alpha value is -3.11. The van der Waals surface area contributed by atoms with Gasteiger partial charge in [-0.1, -0.05) is 66.4 Å². The Labute approximate surface area is 193 Å². The van der Waals surface area contributed by atoms with Crippen molar-refractivity contribution < 1.29 is 9.53 Å². The molecule has 0 aromatic heterocycles. The number of ether oxygens (including phenoxy) is 1. The standard InChI is InChI=1S/C26H25N3O2S/c27-16-21-10-4-6-12-24(21)32-25-13-7-5-11-23(25)26(30)28-17-22-19-29(14-15-31-22)18-20-8-2-1-3-9-20/h1-13,22H,14-15,17-19H2,(H,28,30). The molecule has 1 aliphatic heterocycles. The van der Waals surface area contributed by atoms with E-state index in [-0.39, 0.29) is 12.0 Å². The van der Waals surface area contributed by atoms with E-state index >= 15 is 0 Å². The second-order valence-electron chi connectivity index (χ2n) is 7.63. The first-order valence-electron chi connectivity index (χ1n) is 10.6. The molecule has 0 bridgehead atoms. The molecule has 4 rings (SSSR count). The summed E-state index contributed by atoms with van der Waals surface area (Å²) in [5, 5.41) is 12.4. The van der Waals surface area contributed by atoms with E-state index in [4.69, 9.17) is 4.74 Å². The zero-order valence-electron chi connectivity index (χ0n) is 17.7. The van der Waals surface area contributed by atoms with Gasteiger partial charge in [-0.2, -0.15) is 5.26 Å². The van der Waals surface area contributed by atoms with Gasteiger partial charge in [-0.25, -0.2) is 0 Å². The molecule has 32 heavy (non-hydrogen) atoms. The van der Waals surface area contributed by atoms with Gasteiger partial charge in [0, 0.05) is 36.0 Å². The maximum Gasteiger partial charge on any atom is 0.252 e. The van der Waals surface area contributed by atoms with Gasteiger partial charge in [0.2, 0.25) is 0 Å². The first kappa shape index (κ1) is 22.1. The Morgan fingerprint density at radius 2 is 1.75 bits per heavy atom. The molecular formula is C26H25N3O2S.